The quantitative estimate of drug-likeness (QED) is 0.619. The first-order valence-corrected chi connectivity index (χ1v) is 9.59. The summed E-state index contributed by atoms with van der Waals surface area (Å²) < 4.78 is 10.4. The molecule has 0 saturated carbocycles. The minimum absolute atomic E-state index is 0.181. The maximum Gasteiger partial charge on any atom is 0.261 e. The maximum absolute atomic E-state index is 12.8. The summed E-state index contributed by atoms with van der Waals surface area (Å²) in [5.41, 5.74) is 2.15. The predicted molar refractivity (Wildman–Crippen MR) is 115 cm³/mol. The van der Waals surface area contributed by atoms with Crippen molar-refractivity contribution >= 4 is 23.4 Å². The molecule has 156 valence electrons. The first-order chi connectivity index (χ1) is 15.0. The predicted octanol–water partition coefficient (Wildman–Crippen LogP) is 3.75. The van der Waals surface area contributed by atoms with Crippen molar-refractivity contribution in [3.05, 3.63) is 89.0 Å². The molecule has 1 N–H and O–H groups in total. The number of imide groups is 1. The average Bonchev–Trinajstić information content (AvgIpc) is 3.04. The molecule has 1 aliphatic rings. The highest BCUT2D eigenvalue weighted by Crippen LogP contribution is 2.30. The lowest BCUT2D eigenvalue weighted by Gasteiger charge is -2.13. The molecule has 4 rings (SSSR count). The van der Waals surface area contributed by atoms with Gasteiger partial charge in [-0.05, 0) is 35.9 Å². The van der Waals surface area contributed by atoms with Crippen LogP contribution in [-0.2, 0) is 6.54 Å². The van der Waals surface area contributed by atoms with Crippen LogP contribution >= 0.6 is 0 Å². The summed E-state index contributed by atoms with van der Waals surface area (Å²) in [5, 5.41) is 2.77. The van der Waals surface area contributed by atoms with E-state index in [2.05, 4.69) is 5.32 Å². The van der Waals surface area contributed by atoms with Gasteiger partial charge in [-0.1, -0.05) is 30.3 Å². The molecule has 3 aromatic rings. The summed E-state index contributed by atoms with van der Waals surface area (Å²) in [6.45, 7) is 0.181. The Morgan fingerprint density at radius 1 is 0.839 bits per heavy atom. The monoisotopic (exact) mass is 416 g/mol. The number of anilines is 1. The van der Waals surface area contributed by atoms with E-state index in [0.29, 0.717) is 22.7 Å². The number of ether oxygens (including phenoxy) is 2. The molecular weight excluding hydrogens is 396 g/mol. The molecule has 0 aromatic heterocycles. The van der Waals surface area contributed by atoms with Crippen molar-refractivity contribution in [2.45, 2.75) is 6.54 Å². The second-order valence-corrected chi connectivity index (χ2v) is 6.97. The largest absolute Gasteiger partial charge is 0.493 e. The van der Waals surface area contributed by atoms with Gasteiger partial charge in [0.15, 0.2) is 11.5 Å². The summed E-state index contributed by atoms with van der Waals surface area (Å²) in [4.78, 5) is 39.5. The summed E-state index contributed by atoms with van der Waals surface area (Å²) in [6, 6.07) is 18.8. The molecule has 0 bridgehead atoms. The Bertz CT molecular complexity index is 1170. The second kappa shape index (κ2) is 8.31. The lowest BCUT2D eigenvalue weighted by molar-refractivity contribution is 0.0642. The molecule has 31 heavy (non-hydrogen) atoms. The van der Waals surface area contributed by atoms with Crippen molar-refractivity contribution in [3.63, 3.8) is 0 Å². The zero-order valence-electron chi connectivity index (χ0n) is 17.0. The van der Waals surface area contributed by atoms with Crippen LogP contribution in [0.15, 0.2) is 66.7 Å². The summed E-state index contributed by atoms with van der Waals surface area (Å²) in [5.74, 6) is -0.163. The average molecular weight is 416 g/mol. The third kappa shape index (κ3) is 3.85. The number of carbonyl (C=O) groups is 3. The number of hydrogen-bond donors (Lipinski definition) is 1. The van der Waals surface area contributed by atoms with E-state index in [9.17, 15) is 14.4 Å². The van der Waals surface area contributed by atoms with Crippen molar-refractivity contribution in [2.75, 3.05) is 19.5 Å². The van der Waals surface area contributed by atoms with Crippen LogP contribution in [0.4, 0.5) is 5.69 Å². The van der Waals surface area contributed by atoms with Crippen molar-refractivity contribution < 1.29 is 23.9 Å². The molecule has 0 radical (unpaired) electrons. The lowest BCUT2D eigenvalue weighted by Crippen LogP contribution is -2.29. The van der Waals surface area contributed by atoms with Crippen molar-refractivity contribution in [3.8, 4) is 11.5 Å². The van der Waals surface area contributed by atoms with Crippen LogP contribution in [0.1, 0.15) is 36.6 Å². The zero-order chi connectivity index (χ0) is 22.0. The Morgan fingerprint density at radius 3 is 2.26 bits per heavy atom. The zero-order valence-corrected chi connectivity index (χ0v) is 17.0. The van der Waals surface area contributed by atoms with Crippen LogP contribution < -0.4 is 14.8 Å². The van der Waals surface area contributed by atoms with Gasteiger partial charge in [0.2, 0.25) is 0 Å². The molecule has 0 saturated heterocycles. The number of amides is 3. The normalized spacial score (nSPS) is 12.5. The van der Waals surface area contributed by atoms with Gasteiger partial charge in [-0.25, -0.2) is 0 Å². The van der Waals surface area contributed by atoms with Gasteiger partial charge in [0.1, 0.15) is 0 Å². The van der Waals surface area contributed by atoms with Crippen LogP contribution in [-0.4, -0.2) is 36.8 Å². The standard InChI is InChI=1S/C24H20N2O5/c1-30-20-11-9-17(13-21(20)31-2)25-22(27)16-8-10-18-19(12-16)24(29)26(23(18)28)14-15-6-4-3-5-7-15/h3-13H,14H2,1-2H3,(H,25,27). The second-order valence-electron chi connectivity index (χ2n) is 6.97. The van der Waals surface area contributed by atoms with Gasteiger partial charge in [0, 0.05) is 17.3 Å². The Labute approximate surface area is 179 Å². The van der Waals surface area contributed by atoms with Crippen LogP contribution in [0.5, 0.6) is 11.5 Å². The highest BCUT2D eigenvalue weighted by molar-refractivity contribution is 6.22. The molecule has 1 aliphatic heterocycles. The highest BCUT2D eigenvalue weighted by Gasteiger charge is 2.36. The van der Waals surface area contributed by atoms with E-state index in [-0.39, 0.29) is 23.6 Å². The van der Waals surface area contributed by atoms with E-state index in [1.54, 1.807) is 18.2 Å². The number of rotatable bonds is 6. The van der Waals surface area contributed by atoms with E-state index in [0.717, 1.165) is 5.56 Å². The highest BCUT2D eigenvalue weighted by atomic mass is 16.5. The Morgan fingerprint density at radius 2 is 1.55 bits per heavy atom. The summed E-state index contributed by atoms with van der Waals surface area (Å²) >= 11 is 0. The van der Waals surface area contributed by atoms with E-state index < -0.39 is 11.8 Å². The molecule has 0 spiro atoms. The SMILES string of the molecule is COc1ccc(NC(=O)c2ccc3c(c2)C(=O)N(Cc2ccccc2)C3=O)cc1OC. The fourth-order valence-corrected chi connectivity index (χ4v) is 3.46. The molecule has 3 amide bonds. The van der Waals surface area contributed by atoms with Crippen molar-refractivity contribution in [1.82, 2.24) is 4.90 Å². The number of benzene rings is 3. The Hall–Kier alpha value is -4.13. The van der Waals surface area contributed by atoms with Gasteiger partial charge in [0.25, 0.3) is 17.7 Å². The van der Waals surface area contributed by atoms with Gasteiger partial charge in [0.05, 0.1) is 31.9 Å². The third-order valence-electron chi connectivity index (χ3n) is 5.06. The molecule has 7 heteroatoms. The lowest BCUT2D eigenvalue weighted by atomic mass is 10.1. The fraction of sp³-hybridized carbons (Fsp3) is 0.125. The first-order valence-electron chi connectivity index (χ1n) is 9.59. The molecule has 3 aromatic carbocycles. The summed E-state index contributed by atoms with van der Waals surface area (Å²) in [6.07, 6.45) is 0. The van der Waals surface area contributed by atoms with E-state index in [1.165, 1.54) is 37.3 Å². The van der Waals surface area contributed by atoms with Gasteiger partial charge in [-0.2, -0.15) is 0 Å². The summed E-state index contributed by atoms with van der Waals surface area (Å²) in [7, 11) is 3.04. The number of nitrogens with one attached hydrogen (secondary N) is 1. The van der Waals surface area contributed by atoms with Crippen LogP contribution in [0.2, 0.25) is 0 Å². The number of fused-ring (bicyclic) bond motifs is 1. The molecule has 7 nitrogen and oxygen atoms in total. The van der Waals surface area contributed by atoms with Crippen molar-refractivity contribution in [1.29, 1.82) is 0 Å². The van der Waals surface area contributed by atoms with Gasteiger partial charge >= 0.3 is 0 Å². The molecular formula is C24H20N2O5. The minimum atomic E-state index is -0.412. The van der Waals surface area contributed by atoms with E-state index >= 15 is 0 Å². The van der Waals surface area contributed by atoms with E-state index in [1.807, 2.05) is 30.3 Å². The first kappa shape index (κ1) is 20.2. The fourth-order valence-electron chi connectivity index (χ4n) is 3.46. The van der Waals surface area contributed by atoms with Crippen molar-refractivity contribution in [2.24, 2.45) is 0 Å². The Kier molecular flexibility index (Phi) is 5.41. The third-order valence-corrected chi connectivity index (χ3v) is 5.06. The van der Waals surface area contributed by atoms with Crippen LogP contribution in [0.3, 0.4) is 0 Å². The Balaban J connectivity index is 1.55. The molecule has 0 fully saturated rings. The van der Waals surface area contributed by atoms with Gasteiger partial charge < -0.3 is 14.8 Å². The molecule has 0 atom stereocenters. The van der Waals surface area contributed by atoms with Gasteiger partial charge in [-0.3, -0.25) is 19.3 Å². The number of hydrogen-bond acceptors (Lipinski definition) is 5. The van der Waals surface area contributed by atoms with Gasteiger partial charge in [-0.15, -0.1) is 0 Å². The van der Waals surface area contributed by atoms with Crippen LogP contribution in [0, 0.1) is 0 Å². The van der Waals surface area contributed by atoms with Crippen LogP contribution in [0.25, 0.3) is 0 Å². The molecule has 0 aliphatic carbocycles. The number of nitrogens with zero attached hydrogens (tertiary/aromatic N) is 1. The maximum atomic E-state index is 12.8. The minimum Gasteiger partial charge on any atom is -0.493 e. The van der Waals surface area contributed by atoms with E-state index in [4.69, 9.17) is 9.47 Å². The number of carbonyl (C=O) groups excluding carboxylic acids is 3. The number of methoxy groups -OCH3 is 2. The smallest absolute Gasteiger partial charge is 0.261 e. The molecule has 0 unspecified atom stereocenters. The topological polar surface area (TPSA) is 84.9 Å². The molecule has 1 heterocycles.